The molecule has 0 atom stereocenters. The lowest BCUT2D eigenvalue weighted by Crippen LogP contribution is -2.03. The highest BCUT2D eigenvalue weighted by atomic mass is 16.5. The lowest BCUT2D eigenvalue weighted by Gasteiger charge is -2.12. The number of carbonyl (C=O) groups excluding carboxylic acids is 1. The van der Waals surface area contributed by atoms with Crippen LogP contribution in [0.1, 0.15) is 29.8 Å². The summed E-state index contributed by atoms with van der Waals surface area (Å²) in [6.45, 7) is 5.99. The van der Waals surface area contributed by atoms with Crippen LogP contribution in [0.15, 0.2) is 12.1 Å². The SMILES string of the molecule is CCOc1cc(NC)c(C)cc1C(C)=O. The van der Waals surface area contributed by atoms with E-state index in [1.54, 1.807) is 6.92 Å². The van der Waals surface area contributed by atoms with Gasteiger partial charge in [-0.1, -0.05) is 0 Å². The van der Waals surface area contributed by atoms with Crippen molar-refractivity contribution in [3.63, 3.8) is 0 Å². The van der Waals surface area contributed by atoms with E-state index in [-0.39, 0.29) is 5.78 Å². The second kappa shape index (κ2) is 4.82. The van der Waals surface area contributed by atoms with Gasteiger partial charge in [0.05, 0.1) is 12.2 Å². The molecule has 0 aliphatic carbocycles. The van der Waals surface area contributed by atoms with Crippen molar-refractivity contribution >= 4 is 11.5 Å². The number of benzene rings is 1. The monoisotopic (exact) mass is 207 g/mol. The fourth-order valence-corrected chi connectivity index (χ4v) is 1.51. The molecule has 0 fully saturated rings. The van der Waals surface area contributed by atoms with Crippen molar-refractivity contribution in [2.75, 3.05) is 19.0 Å². The number of ketones is 1. The maximum absolute atomic E-state index is 11.4. The Morgan fingerprint density at radius 1 is 1.47 bits per heavy atom. The fourth-order valence-electron chi connectivity index (χ4n) is 1.51. The van der Waals surface area contributed by atoms with Gasteiger partial charge in [-0.15, -0.1) is 0 Å². The van der Waals surface area contributed by atoms with Crippen molar-refractivity contribution < 1.29 is 9.53 Å². The molecular formula is C12H17NO2. The summed E-state index contributed by atoms with van der Waals surface area (Å²) in [4.78, 5) is 11.4. The summed E-state index contributed by atoms with van der Waals surface area (Å²) in [7, 11) is 1.85. The third-order valence-electron chi connectivity index (χ3n) is 2.28. The molecule has 0 bridgehead atoms. The molecule has 3 heteroatoms. The van der Waals surface area contributed by atoms with Crippen LogP contribution in [-0.4, -0.2) is 19.4 Å². The fraction of sp³-hybridized carbons (Fsp3) is 0.417. The average Bonchev–Trinajstić information content (AvgIpc) is 2.20. The first-order chi connectivity index (χ1) is 7.10. The molecule has 0 radical (unpaired) electrons. The Labute approximate surface area is 90.4 Å². The van der Waals surface area contributed by atoms with E-state index >= 15 is 0 Å². The first-order valence-electron chi connectivity index (χ1n) is 5.06. The molecule has 15 heavy (non-hydrogen) atoms. The van der Waals surface area contributed by atoms with Gasteiger partial charge in [-0.05, 0) is 32.4 Å². The molecule has 0 spiro atoms. The lowest BCUT2D eigenvalue weighted by atomic mass is 10.1. The molecule has 0 heterocycles. The molecule has 0 unspecified atom stereocenters. The second-order valence-corrected chi connectivity index (χ2v) is 3.40. The molecule has 3 nitrogen and oxygen atoms in total. The third kappa shape index (κ3) is 2.49. The van der Waals surface area contributed by atoms with E-state index in [4.69, 9.17) is 4.74 Å². The normalized spacial score (nSPS) is 9.87. The predicted octanol–water partition coefficient (Wildman–Crippen LogP) is 2.64. The minimum Gasteiger partial charge on any atom is -0.493 e. The van der Waals surface area contributed by atoms with E-state index in [0.717, 1.165) is 11.3 Å². The standard InChI is InChI=1S/C12H17NO2/c1-5-15-12-7-11(13-4)8(2)6-10(12)9(3)14/h6-7,13H,5H2,1-4H3. The largest absolute Gasteiger partial charge is 0.493 e. The number of hydrogen-bond donors (Lipinski definition) is 1. The second-order valence-electron chi connectivity index (χ2n) is 3.40. The molecule has 82 valence electrons. The Bertz CT molecular complexity index is 372. The molecule has 0 aromatic heterocycles. The summed E-state index contributed by atoms with van der Waals surface area (Å²) < 4.78 is 5.43. The average molecular weight is 207 g/mol. The summed E-state index contributed by atoms with van der Waals surface area (Å²) in [5, 5.41) is 3.07. The summed E-state index contributed by atoms with van der Waals surface area (Å²) in [6.07, 6.45) is 0. The van der Waals surface area contributed by atoms with Crippen LogP contribution < -0.4 is 10.1 Å². The van der Waals surface area contributed by atoms with Gasteiger partial charge in [0.1, 0.15) is 5.75 Å². The molecule has 0 aliphatic rings. The molecular weight excluding hydrogens is 190 g/mol. The van der Waals surface area contributed by atoms with Gasteiger partial charge in [0.2, 0.25) is 0 Å². The molecule has 1 aromatic rings. The van der Waals surface area contributed by atoms with Crippen LogP contribution in [0.4, 0.5) is 5.69 Å². The minimum absolute atomic E-state index is 0.0317. The number of anilines is 1. The molecule has 0 saturated carbocycles. The summed E-state index contributed by atoms with van der Waals surface area (Å²) in [6, 6.07) is 3.73. The number of ether oxygens (including phenoxy) is 1. The Morgan fingerprint density at radius 3 is 2.60 bits per heavy atom. The Kier molecular flexibility index (Phi) is 3.72. The number of aryl methyl sites for hydroxylation is 1. The number of rotatable bonds is 4. The zero-order chi connectivity index (χ0) is 11.4. The van der Waals surface area contributed by atoms with Gasteiger partial charge in [-0.2, -0.15) is 0 Å². The summed E-state index contributed by atoms with van der Waals surface area (Å²) >= 11 is 0. The molecule has 0 aliphatic heterocycles. The number of carbonyl (C=O) groups is 1. The van der Waals surface area contributed by atoms with Crippen LogP contribution in [0.25, 0.3) is 0 Å². The molecule has 0 saturated heterocycles. The summed E-state index contributed by atoms with van der Waals surface area (Å²) in [5.74, 6) is 0.684. The van der Waals surface area contributed by atoms with Crippen molar-refractivity contribution in [3.05, 3.63) is 23.3 Å². The Balaban J connectivity index is 3.25. The highest BCUT2D eigenvalue weighted by molar-refractivity contribution is 5.97. The van der Waals surface area contributed by atoms with Gasteiger partial charge in [-0.3, -0.25) is 4.79 Å². The third-order valence-corrected chi connectivity index (χ3v) is 2.28. The van der Waals surface area contributed by atoms with Gasteiger partial charge < -0.3 is 10.1 Å². The van der Waals surface area contributed by atoms with Crippen LogP contribution in [0.5, 0.6) is 5.75 Å². The molecule has 1 rings (SSSR count). The maximum Gasteiger partial charge on any atom is 0.163 e. The Hall–Kier alpha value is -1.51. The number of Topliss-reactive ketones (excluding diaryl/α,β-unsaturated/α-hetero) is 1. The number of nitrogens with one attached hydrogen (secondary N) is 1. The van der Waals surface area contributed by atoms with Gasteiger partial charge in [-0.25, -0.2) is 0 Å². The minimum atomic E-state index is 0.0317. The van der Waals surface area contributed by atoms with Gasteiger partial charge in [0.25, 0.3) is 0 Å². The van der Waals surface area contributed by atoms with E-state index in [1.807, 2.05) is 33.0 Å². The van der Waals surface area contributed by atoms with E-state index < -0.39 is 0 Å². The van der Waals surface area contributed by atoms with Crippen molar-refractivity contribution in [2.45, 2.75) is 20.8 Å². The van der Waals surface area contributed by atoms with Gasteiger partial charge in [0.15, 0.2) is 5.78 Å². The van der Waals surface area contributed by atoms with Crippen LogP contribution >= 0.6 is 0 Å². The smallest absolute Gasteiger partial charge is 0.163 e. The van der Waals surface area contributed by atoms with Crippen molar-refractivity contribution in [3.8, 4) is 5.75 Å². The van der Waals surface area contributed by atoms with Crippen molar-refractivity contribution in [2.24, 2.45) is 0 Å². The zero-order valence-corrected chi connectivity index (χ0v) is 9.68. The van der Waals surface area contributed by atoms with Crippen LogP contribution in [0.3, 0.4) is 0 Å². The van der Waals surface area contributed by atoms with Crippen LogP contribution in [-0.2, 0) is 0 Å². The zero-order valence-electron chi connectivity index (χ0n) is 9.68. The predicted molar refractivity (Wildman–Crippen MR) is 61.9 cm³/mol. The van der Waals surface area contributed by atoms with E-state index in [2.05, 4.69) is 5.32 Å². The van der Waals surface area contributed by atoms with E-state index in [0.29, 0.717) is 17.9 Å². The highest BCUT2D eigenvalue weighted by Crippen LogP contribution is 2.27. The lowest BCUT2D eigenvalue weighted by molar-refractivity contribution is 0.101. The summed E-state index contributed by atoms with van der Waals surface area (Å²) in [5.41, 5.74) is 2.68. The van der Waals surface area contributed by atoms with E-state index in [1.165, 1.54) is 0 Å². The highest BCUT2D eigenvalue weighted by Gasteiger charge is 2.11. The van der Waals surface area contributed by atoms with Gasteiger partial charge >= 0.3 is 0 Å². The molecule has 1 N–H and O–H groups in total. The molecule has 1 aromatic carbocycles. The van der Waals surface area contributed by atoms with Crippen LogP contribution in [0.2, 0.25) is 0 Å². The van der Waals surface area contributed by atoms with Crippen molar-refractivity contribution in [1.29, 1.82) is 0 Å². The maximum atomic E-state index is 11.4. The van der Waals surface area contributed by atoms with Crippen LogP contribution in [0, 0.1) is 6.92 Å². The first-order valence-corrected chi connectivity index (χ1v) is 5.06. The van der Waals surface area contributed by atoms with Gasteiger partial charge in [0, 0.05) is 18.8 Å². The quantitative estimate of drug-likeness (QED) is 0.771. The molecule has 0 amide bonds. The van der Waals surface area contributed by atoms with Crippen molar-refractivity contribution in [1.82, 2.24) is 0 Å². The Morgan fingerprint density at radius 2 is 2.13 bits per heavy atom. The first kappa shape index (κ1) is 11.6. The topological polar surface area (TPSA) is 38.3 Å². The number of hydrogen-bond acceptors (Lipinski definition) is 3. The van der Waals surface area contributed by atoms with E-state index in [9.17, 15) is 4.79 Å².